The van der Waals surface area contributed by atoms with Crippen LogP contribution in [-0.2, 0) is 9.53 Å². The Morgan fingerprint density at radius 1 is 1.23 bits per heavy atom. The quantitative estimate of drug-likeness (QED) is 0.826. The number of nitrogens with zero attached hydrogens (tertiary/aromatic N) is 2. The van der Waals surface area contributed by atoms with Crippen LogP contribution in [0.1, 0.15) is 38.5 Å². The van der Waals surface area contributed by atoms with Gasteiger partial charge in [0.05, 0.1) is 13.2 Å². The van der Waals surface area contributed by atoms with Crippen molar-refractivity contribution in [1.29, 1.82) is 0 Å². The normalized spacial score (nSPS) is 29.1. The monoisotopic (exact) mass is 309 g/mol. The molecule has 0 radical (unpaired) electrons. The lowest BCUT2D eigenvalue weighted by molar-refractivity contribution is -0.134. The number of likely N-dealkylation sites (tertiary alicyclic amines) is 1. The Morgan fingerprint density at radius 2 is 1.95 bits per heavy atom. The molecule has 0 bridgehead atoms. The molecule has 5 nitrogen and oxygen atoms in total. The highest BCUT2D eigenvalue weighted by molar-refractivity contribution is 5.77. The van der Waals surface area contributed by atoms with E-state index in [4.69, 9.17) is 4.74 Å². The number of ether oxygens (including phenoxy) is 1. The van der Waals surface area contributed by atoms with Crippen molar-refractivity contribution in [3.8, 4) is 0 Å². The first-order valence-corrected chi connectivity index (χ1v) is 8.99. The first-order chi connectivity index (χ1) is 10.7. The third kappa shape index (κ3) is 3.47. The largest absolute Gasteiger partial charge is 0.379 e. The van der Waals surface area contributed by atoms with Crippen LogP contribution in [0.3, 0.4) is 0 Å². The smallest absolute Gasteiger partial charge is 0.224 e. The molecule has 1 amide bonds. The van der Waals surface area contributed by atoms with E-state index in [0.717, 1.165) is 58.8 Å². The van der Waals surface area contributed by atoms with Gasteiger partial charge in [0.15, 0.2) is 0 Å². The van der Waals surface area contributed by atoms with Gasteiger partial charge in [-0.25, -0.2) is 0 Å². The van der Waals surface area contributed by atoms with E-state index in [2.05, 4.69) is 15.1 Å². The molecule has 0 aromatic rings. The molecule has 1 unspecified atom stereocenters. The van der Waals surface area contributed by atoms with Crippen LogP contribution in [0, 0.1) is 5.92 Å². The Labute approximate surface area is 134 Å². The van der Waals surface area contributed by atoms with Crippen molar-refractivity contribution in [2.75, 3.05) is 53.0 Å². The molecule has 1 atom stereocenters. The van der Waals surface area contributed by atoms with Crippen LogP contribution in [0.15, 0.2) is 0 Å². The molecule has 1 saturated carbocycles. The molecule has 3 rings (SSSR count). The lowest BCUT2D eigenvalue weighted by Crippen LogP contribution is -2.54. The Bertz CT molecular complexity index is 376. The third-order valence-corrected chi connectivity index (χ3v) is 5.83. The van der Waals surface area contributed by atoms with Gasteiger partial charge in [-0.1, -0.05) is 12.8 Å². The summed E-state index contributed by atoms with van der Waals surface area (Å²) in [7, 11) is 2.00. The van der Waals surface area contributed by atoms with Crippen LogP contribution in [0.2, 0.25) is 0 Å². The third-order valence-electron chi connectivity index (χ3n) is 5.83. The molecular weight excluding hydrogens is 278 g/mol. The second kappa shape index (κ2) is 7.28. The maximum atomic E-state index is 12.8. The lowest BCUT2D eigenvalue weighted by atomic mass is 9.89. The molecular formula is C17H31N3O2. The van der Waals surface area contributed by atoms with Gasteiger partial charge in [-0.2, -0.15) is 0 Å². The summed E-state index contributed by atoms with van der Waals surface area (Å²) in [4.78, 5) is 17.5. The second-order valence-electron chi connectivity index (χ2n) is 7.26. The summed E-state index contributed by atoms with van der Waals surface area (Å²) in [5.74, 6) is 1.02. The van der Waals surface area contributed by atoms with E-state index in [0.29, 0.717) is 11.8 Å². The molecule has 3 fully saturated rings. The van der Waals surface area contributed by atoms with Crippen molar-refractivity contribution >= 4 is 5.91 Å². The first-order valence-electron chi connectivity index (χ1n) is 8.99. The van der Waals surface area contributed by atoms with Gasteiger partial charge >= 0.3 is 0 Å². The molecule has 2 aliphatic heterocycles. The molecule has 2 saturated heterocycles. The number of hydrogen-bond donors (Lipinski definition) is 1. The topological polar surface area (TPSA) is 44.8 Å². The fourth-order valence-corrected chi connectivity index (χ4v) is 4.58. The fraction of sp³-hybridized carbons (Fsp3) is 0.941. The van der Waals surface area contributed by atoms with Crippen LogP contribution in [-0.4, -0.2) is 74.2 Å². The number of carbonyl (C=O) groups excluding carboxylic acids is 1. The Morgan fingerprint density at radius 3 is 2.64 bits per heavy atom. The van der Waals surface area contributed by atoms with Crippen molar-refractivity contribution in [2.45, 2.75) is 44.1 Å². The molecule has 126 valence electrons. The van der Waals surface area contributed by atoms with Gasteiger partial charge in [-0.3, -0.25) is 9.69 Å². The number of carbonyl (C=O) groups is 1. The van der Waals surface area contributed by atoms with Gasteiger partial charge in [0, 0.05) is 38.1 Å². The molecule has 0 spiro atoms. The zero-order valence-corrected chi connectivity index (χ0v) is 14.0. The minimum Gasteiger partial charge on any atom is -0.379 e. The van der Waals surface area contributed by atoms with Gasteiger partial charge in [-0.05, 0) is 38.8 Å². The Kier molecular flexibility index (Phi) is 5.37. The van der Waals surface area contributed by atoms with E-state index < -0.39 is 0 Å². The van der Waals surface area contributed by atoms with Crippen LogP contribution in [0.5, 0.6) is 0 Å². The van der Waals surface area contributed by atoms with E-state index >= 15 is 0 Å². The molecule has 1 aliphatic carbocycles. The fourth-order valence-electron chi connectivity index (χ4n) is 4.58. The van der Waals surface area contributed by atoms with Crippen LogP contribution in [0.4, 0.5) is 0 Å². The van der Waals surface area contributed by atoms with Gasteiger partial charge < -0.3 is 15.0 Å². The maximum Gasteiger partial charge on any atom is 0.224 e. The molecule has 22 heavy (non-hydrogen) atoms. The number of amides is 1. The summed E-state index contributed by atoms with van der Waals surface area (Å²) in [6.45, 7) is 6.56. The zero-order valence-electron chi connectivity index (χ0n) is 14.0. The highest BCUT2D eigenvalue weighted by atomic mass is 16.5. The average Bonchev–Trinajstić information content (AvgIpc) is 3.19. The molecule has 0 aromatic heterocycles. The van der Waals surface area contributed by atoms with E-state index in [-0.39, 0.29) is 5.54 Å². The highest BCUT2D eigenvalue weighted by Gasteiger charge is 2.43. The van der Waals surface area contributed by atoms with E-state index in [1.807, 2.05) is 7.05 Å². The van der Waals surface area contributed by atoms with E-state index in [1.54, 1.807) is 0 Å². The number of nitrogens with one attached hydrogen (secondary N) is 1. The van der Waals surface area contributed by atoms with Crippen LogP contribution >= 0.6 is 0 Å². The number of rotatable bonds is 5. The predicted octanol–water partition coefficient (Wildman–Crippen LogP) is 1.09. The summed E-state index contributed by atoms with van der Waals surface area (Å²) in [6.07, 6.45) is 6.79. The maximum absolute atomic E-state index is 12.8. The van der Waals surface area contributed by atoms with Crippen molar-refractivity contribution in [3.63, 3.8) is 0 Å². The lowest BCUT2D eigenvalue weighted by Gasteiger charge is -2.43. The highest BCUT2D eigenvalue weighted by Crippen LogP contribution is 2.39. The van der Waals surface area contributed by atoms with Gasteiger partial charge in [0.1, 0.15) is 0 Å². The Hall–Kier alpha value is -0.650. The first kappa shape index (κ1) is 16.2. The van der Waals surface area contributed by atoms with Gasteiger partial charge in [0.25, 0.3) is 0 Å². The van der Waals surface area contributed by atoms with E-state index in [9.17, 15) is 4.79 Å². The summed E-state index contributed by atoms with van der Waals surface area (Å²) < 4.78 is 5.51. The molecule has 1 N–H and O–H groups in total. The zero-order chi connectivity index (χ0) is 15.4. The predicted molar refractivity (Wildman–Crippen MR) is 86.8 cm³/mol. The standard InChI is InChI=1S/C17H31N3O2/c1-18-13-15-4-7-19(14-15)16(21)12-17(5-2-3-6-17)20-8-10-22-11-9-20/h15,18H,2-14H2,1H3. The van der Waals surface area contributed by atoms with Gasteiger partial charge in [0.2, 0.25) is 5.91 Å². The summed E-state index contributed by atoms with van der Waals surface area (Å²) in [5, 5.41) is 3.24. The summed E-state index contributed by atoms with van der Waals surface area (Å²) in [5.41, 5.74) is 0.127. The van der Waals surface area contributed by atoms with Crippen molar-refractivity contribution in [2.24, 2.45) is 5.92 Å². The van der Waals surface area contributed by atoms with Crippen molar-refractivity contribution in [1.82, 2.24) is 15.1 Å². The van der Waals surface area contributed by atoms with Gasteiger partial charge in [-0.15, -0.1) is 0 Å². The van der Waals surface area contributed by atoms with Crippen molar-refractivity contribution < 1.29 is 9.53 Å². The minimum absolute atomic E-state index is 0.127. The second-order valence-corrected chi connectivity index (χ2v) is 7.26. The van der Waals surface area contributed by atoms with Crippen LogP contribution in [0.25, 0.3) is 0 Å². The van der Waals surface area contributed by atoms with Crippen molar-refractivity contribution in [3.05, 3.63) is 0 Å². The molecule has 3 aliphatic rings. The minimum atomic E-state index is 0.127. The summed E-state index contributed by atoms with van der Waals surface area (Å²) >= 11 is 0. The molecule has 5 heteroatoms. The average molecular weight is 309 g/mol. The van der Waals surface area contributed by atoms with Crippen LogP contribution < -0.4 is 5.32 Å². The van der Waals surface area contributed by atoms with E-state index in [1.165, 1.54) is 25.7 Å². The summed E-state index contributed by atoms with van der Waals surface area (Å²) in [6, 6.07) is 0. The Balaban J connectivity index is 1.60. The number of hydrogen-bond acceptors (Lipinski definition) is 4. The number of morpholine rings is 1. The molecule has 0 aromatic carbocycles. The SMILES string of the molecule is CNCC1CCN(C(=O)CC2(N3CCOCC3)CCCC2)C1. The molecule has 2 heterocycles.